The molecule has 0 spiro atoms. The number of nitrogen functional groups attached to an aromatic ring is 1. The van der Waals surface area contributed by atoms with E-state index in [0.717, 1.165) is 12.4 Å². The second kappa shape index (κ2) is 4.61. The lowest BCUT2D eigenvalue weighted by molar-refractivity contribution is -0.145. The monoisotopic (exact) mass is 235 g/mol. The molecule has 92 valence electrons. The summed E-state index contributed by atoms with van der Waals surface area (Å²) in [5, 5.41) is 0. The number of nitrogens with zero attached hydrogens (tertiary/aromatic N) is 2. The van der Waals surface area contributed by atoms with E-state index < -0.39 is 0 Å². The second-order valence-corrected chi connectivity index (χ2v) is 4.46. The Hall–Kier alpha value is -1.78. The highest BCUT2D eigenvalue weighted by Gasteiger charge is 2.36. The quantitative estimate of drug-likeness (QED) is 0.772. The van der Waals surface area contributed by atoms with Gasteiger partial charge in [0.25, 0.3) is 0 Å². The predicted octanol–water partition coefficient (Wildman–Crippen LogP) is 0.909. The first-order valence-corrected chi connectivity index (χ1v) is 5.66. The molecule has 0 amide bonds. The molecule has 5 heteroatoms. The molecule has 1 aliphatic heterocycles. The number of carbonyl (C=O) groups is 1. The number of pyridine rings is 1. The minimum atomic E-state index is -0.149. The molecule has 0 aromatic carbocycles. The number of nitrogens with two attached hydrogens (primary N) is 1. The van der Waals surface area contributed by atoms with Crippen LogP contribution >= 0.6 is 0 Å². The molecular weight excluding hydrogens is 218 g/mol. The van der Waals surface area contributed by atoms with Crippen molar-refractivity contribution in [3.05, 3.63) is 18.3 Å². The number of carbonyl (C=O) groups excluding carboxylic acids is 1. The van der Waals surface area contributed by atoms with Gasteiger partial charge in [0.15, 0.2) is 0 Å². The van der Waals surface area contributed by atoms with Crippen molar-refractivity contribution in [1.82, 2.24) is 4.98 Å². The van der Waals surface area contributed by atoms with Crippen LogP contribution in [0, 0.1) is 11.8 Å². The van der Waals surface area contributed by atoms with Gasteiger partial charge in [0, 0.05) is 31.0 Å². The summed E-state index contributed by atoms with van der Waals surface area (Å²) in [5.74, 6) is 0.862. The summed E-state index contributed by atoms with van der Waals surface area (Å²) < 4.78 is 4.80. The maximum atomic E-state index is 11.6. The minimum Gasteiger partial charge on any atom is -0.469 e. The molecule has 0 saturated carbocycles. The molecule has 17 heavy (non-hydrogen) atoms. The van der Waals surface area contributed by atoms with E-state index in [1.165, 1.54) is 7.11 Å². The maximum Gasteiger partial charge on any atom is 0.310 e. The van der Waals surface area contributed by atoms with Crippen LogP contribution < -0.4 is 10.6 Å². The molecule has 2 atom stereocenters. The van der Waals surface area contributed by atoms with Gasteiger partial charge in [-0.3, -0.25) is 4.79 Å². The van der Waals surface area contributed by atoms with Gasteiger partial charge in [-0.2, -0.15) is 0 Å². The third kappa shape index (κ3) is 2.33. The van der Waals surface area contributed by atoms with E-state index in [-0.39, 0.29) is 17.8 Å². The fourth-order valence-electron chi connectivity index (χ4n) is 2.22. The highest BCUT2D eigenvalue weighted by Crippen LogP contribution is 2.28. The molecule has 0 bridgehead atoms. The highest BCUT2D eigenvalue weighted by molar-refractivity contribution is 5.74. The number of aromatic nitrogens is 1. The molecule has 1 saturated heterocycles. The maximum absolute atomic E-state index is 11.6. The van der Waals surface area contributed by atoms with Gasteiger partial charge in [-0.15, -0.1) is 0 Å². The summed E-state index contributed by atoms with van der Waals surface area (Å²) in [4.78, 5) is 17.9. The number of anilines is 2. The van der Waals surface area contributed by atoms with Crippen LogP contribution in [0.3, 0.4) is 0 Å². The first kappa shape index (κ1) is 11.7. The summed E-state index contributed by atoms with van der Waals surface area (Å²) in [6.45, 7) is 3.49. The molecule has 0 aliphatic carbocycles. The molecule has 1 fully saturated rings. The summed E-state index contributed by atoms with van der Waals surface area (Å²) in [6.07, 6.45) is 1.68. The molecule has 2 rings (SSSR count). The van der Waals surface area contributed by atoms with Crippen LogP contribution in [-0.2, 0) is 9.53 Å². The van der Waals surface area contributed by atoms with Crippen LogP contribution in [-0.4, -0.2) is 31.2 Å². The van der Waals surface area contributed by atoms with Crippen molar-refractivity contribution in [1.29, 1.82) is 0 Å². The van der Waals surface area contributed by atoms with E-state index in [4.69, 9.17) is 10.5 Å². The van der Waals surface area contributed by atoms with E-state index in [2.05, 4.69) is 9.88 Å². The zero-order valence-electron chi connectivity index (χ0n) is 10.1. The molecule has 1 aromatic rings. The summed E-state index contributed by atoms with van der Waals surface area (Å²) in [5.41, 5.74) is 6.41. The average molecular weight is 235 g/mol. The summed E-state index contributed by atoms with van der Waals surface area (Å²) in [6, 6.07) is 3.58. The normalized spacial score (nSPS) is 23.8. The molecular formula is C12H17N3O2. The van der Waals surface area contributed by atoms with E-state index in [9.17, 15) is 4.79 Å². The van der Waals surface area contributed by atoms with Crippen LogP contribution in [0.5, 0.6) is 0 Å². The lowest BCUT2D eigenvalue weighted by Gasteiger charge is -2.17. The van der Waals surface area contributed by atoms with Crippen molar-refractivity contribution in [2.45, 2.75) is 6.92 Å². The van der Waals surface area contributed by atoms with E-state index in [0.29, 0.717) is 12.2 Å². The molecule has 0 radical (unpaired) electrons. The first-order valence-electron chi connectivity index (χ1n) is 5.66. The Morgan fingerprint density at radius 1 is 1.59 bits per heavy atom. The highest BCUT2D eigenvalue weighted by atomic mass is 16.5. The Morgan fingerprint density at radius 2 is 2.35 bits per heavy atom. The summed E-state index contributed by atoms with van der Waals surface area (Å²) in [7, 11) is 1.43. The standard InChI is InChI=1S/C12H17N3O2/c1-8-6-15(7-10(8)12(16)17-2)11-5-9(13)3-4-14-11/h3-5,8,10H,6-7H2,1-2H3,(H2,13,14). The predicted molar refractivity (Wildman–Crippen MR) is 65.5 cm³/mol. The van der Waals surface area contributed by atoms with Crippen LogP contribution in [0.15, 0.2) is 18.3 Å². The number of methoxy groups -OCH3 is 1. The summed E-state index contributed by atoms with van der Waals surface area (Å²) >= 11 is 0. The molecule has 1 aromatic heterocycles. The lowest BCUT2D eigenvalue weighted by atomic mass is 9.99. The van der Waals surface area contributed by atoms with Gasteiger partial charge in [0.2, 0.25) is 0 Å². The van der Waals surface area contributed by atoms with Crippen molar-refractivity contribution in [2.24, 2.45) is 11.8 Å². The zero-order valence-corrected chi connectivity index (χ0v) is 10.1. The van der Waals surface area contributed by atoms with Gasteiger partial charge < -0.3 is 15.4 Å². The largest absolute Gasteiger partial charge is 0.469 e. The van der Waals surface area contributed by atoms with E-state index in [1.54, 1.807) is 12.3 Å². The van der Waals surface area contributed by atoms with Gasteiger partial charge >= 0.3 is 5.97 Å². The molecule has 2 N–H and O–H groups in total. The van der Waals surface area contributed by atoms with Crippen molar-refractivity contribution in [2.75, 3.05) is 30.8 Å². The van der Waals surface area contributed by atoms with E-state index in [1.807, 2.05) is 13.0 Å². The van der Waals surface area contributed by atoms with Crippen molar-refractivity contribution >= 4 is 17.5 Å². The molecule has 2 unspecified atom stereocenters. The molecule has 1 aliphatic rings. The van der Waals surface area contributed by atoms with Gasteiger partial charge in [-0.05, 0) is 12.0 Å². The van der Waals surface area contributed by atoms with Gasteiger partial charge in [0.1, 0.15) is 5.82 Å². The Bertz CT molecular complexity index is 422. The van der Waals surface area contributed by atoms with E-state index >= 15 is 0 Å². The number of esters is 1. The minimum absolute atomic E-state index is 0.0803. The second-order valence-electron chi connectivity index (χ2n) is 4.46. The fourth-order valence-corrected chi connectivity index (χ4v) is 2.22. The Morgan fingerprint density at radius 3 is 3.00 bits per heavy atom. The average Bonchev–Trinajstić information content (AvgIpc) is 2.70. The van der Waals surface area contributed by atoms with Crippen LogP contribution in [0.4, 0.5) is 11.5 Å². The first-order chi connectivity index (χ1) is 8.11. The Labute approximate surface area is 101 Å². The Kier molecular flexibility index (Phi) is 3.17. The number of ether oxygens (including phenoxy) is 1. The fraction of sp³-hybridized carbons (Fsp3) is 0.500. The number of hydrogen-bond acceptors (Lipinski definition) is 5. The van der Waals surface area contributed by atoms with Crippen LogP contribution in [0.25, 0.3) is 0 Å². The number of rotatable bonds is 2. The van der Waals surface area contributed by atoms with Crippen LogP contribution in [0.1, 0.15) is 6.92 Å². The van der Waals surface area contributed by atoms with Crippen molar-refractivity contribution in [3.63, 3.8) is 0 Å². The SMILES string of the molecule is COC(=O)C1CN(c2cc(N)ccn2)CC1C. The smallest absolute Gasteiger partial charge is 0.310 e. The molecule has 5 nitrogen and oxygen atoms in total. The lowest BCUT2D eigenvalue weighted by Crippen LogP contribution is -2.24. The van der Waals surface area contributed by atoms with Crippen molar-refractivity contribution in [3.8, 4) is 0 Å². The van der Waals surface area contributed by atoms with Crippen molar-refractivity contribution < 1.29 is 9.53 Å². The van der Waals surface area contributed by atoms with Gasteiger partial charge in [-0.25, -0.2) is 4.98 Å². The van der Waals surface area contributed by atoms with Gasteiger partial charge in [0.05, 0.1) is 13.0 Å². The third-order valence-corrected chi connectivity index (χ3v) is 3.21. The molecule has 2 heterocycles. The number of hydrogen-bond donors (Lipinski definition) is 1. The topological polar surface area (TPSA) is 68.5 Å². The van der Waals surface area contributed by atoms with Gasteiger partial charge in [-0.1, -0.05) is 6.92 Å². The third-order valence-electron chi connectivity index (χ3n) is 3.21. The van der Waals surface area contributed by atoms with Crippen LogP contribution in [0.2, 0.25) is 0 Å². The zero-order chi connectivity index (χ0) is 12.4. The Balaban J connectivity index is 2.13.